The molecule has 6 heteroatoms. The van der Waals surface area contributed by atoms with Gasteiger partial charge in [0.1, 0.15) is 0 Å². The smallest absolute Gasteiger partial charge is 0.243 e. The summed E-state index contributed by atoms with van der Waals surface area (Å²) in [5.41, 5.74) is 4.53. The fourth-order valence-electron chi connectivity index (χ4n) is 4.43. The van der Waals surface area contributed by atoms with Crippen molar-refractivity contribution in [3.05, 3.63) is 95.6 Å². The predicted molar refractivity (Wildman–Crippen MR) is 135 cm³/mol. The lowest BCUT2D eigenvalue weighted by atomic mass is 10.1. The zero-order valence-corrected chi connectivity index (χ0v) is 20.3. The number of piperazine rings is 1. The number of rotatable bonds is 8. The maximum absolute atomic E-state index is 13.3. The van der Waals surface area contributed by atoms with Crippen LogP contribution in [0.5, 0.6) is 0 Å². The zero-order valence-electron chi connectivity index (χ0n) is 19.5. The van der Waals surface area contributed by atoms with E-state index in [0.717, 1.165) is 50.3 Å². The second-order valence-electron chi connectivity index (χ2n) is 8.63. The van der Waals surface area contributed by atoms with Gasteiger partial charge in [0.2, 0.25) is 10.0 Å². The lowest BCUT2D eigenvalue weighted by Gasteiger charge is -2.36. The third-order valence-corrected chi connectivity index (χ3v) is 8.20. The molecule has 1 heterocycles. The minimum atomic E-state index is -3.56. The molecule has 0 amide bonds. The number of para-hydroxylation sites is 1. The van der Waals surface area contributed by atoms with E-state index in [1.807, 2.05) is 42.5 Å². The molecule has 0 bridgehead atoms. The molecular formula is C27H33N3O2S. The first kappa shape index (κ1) is 23.5. The average Bonchev–Trinajstić information content (AvgIpc) is 2.85. The molecule has 0 aromatic heterocycles. The van der Waals surface area contributed by atoms with E-state index in [-0.39, 0.29) is 0 Å². The Kier molecular flexibility index (Phi) is 7.48. The van der Waals surface area contributed by atoms with E-state index in [1.165, 1.54) is 15.6 Å². The maximum Gasteiger partial charge on any atom is 0.243 e. The Morgan fingerprint density at radius 1 is 0.818 bits per heavy atom. The van der Waals surface area contributed by atoms with Crippen LogP contribution in [-0.2, 0) is 29.5 Å². The summed E-state index contributed by atoms with van der Waals surface area (Å²) >= 11 is 0. The van der Waals surface area contributed by atoms with Gasteiger partial charge in [-0.05, 0) is 47.4 Å². The molecule has 1 aliphatic heterocycles. The maximum atomic E-state index is 13.3. The Morgan fingerprint density at radius 3 is 2.18 bits per heavy atom. The molecule has 0 aliphatic carbocycles. The van der Waals surface area contributed by atoms with Crippen LogP contribution < -0.4 is 4.90 Å². The van der Waals surface area contributed by atoms with Crippen LogP contribution in [0.15, 0.2) is 83.8 Å². The summed E-state index contributed by atoms with van der Waals surface area (Å²) in [5.74, 6) is 0. The fraction of sp³-hybridized carbons (Fsp3) is 0.333. The molecule has 0 N–H and O–H groups in total. The zero-order chi connectivity index (χ0) is 23.3. The van der Waals surface area contributed by atoms with Crippen LogP contribution in [0.1, 0.15) is 23.6 Å². The van der Waals surface area contributed by atoms with Crippen molar-refractivity contribution in [2.24, 2.45) is 0 Å². The highest BCUT2D eigenvalue weighted by Gasteiger charge is 2.23. The van der Waals surface area contributed by atoms with Gasteiger partial charge in [-0.2, -0.15) is 4.31 Å². The number of sulfonamides is 1. The molecule has 0 spiro atoms. The van der Waals surface area contributed by atoms with E-state index in [9.17, 15) is 8.42 Å². The lowest BCUT2D eigenvalue weighted by Crippen LogP contribution is -2.45. The monoisotopic (exact) mass is 463 g/mol. The Hall–Kier alpha value is -2.67. The first-order valence-corrected chi connectivity index (χ1v) is 13.1. The van der Waals surface area contributed by atoms with Gasteiger partial charge in [0, 0.05) is 52.0 Å². The van der Waals surface area contributed by atoms with Gasteiger partial charge in [-0.3, -0.25) is 4.90 Å². The number of anilines is 1. The van der Waals surface area contributed by atoms with E-state index in [2.05, 4.69) is 47.1 Å². The summed E-state index contributed by atoms with van der Waals surface area (Å²) in [6, 6.07) is 26.0. The number of hydrogen-bond donors (Lipinski definition) is 0. The van der Waals surface area contributed by atoms with Crippen molar-refractivity contribution >= 4 is 15.7 Å². The van der Waals surface area contributed by atoms with E-state index in [0.29, 0.717) is 11.4 Å². The molecule has 3 aromatic rings. The van der Waals surface area contributed by atoms with Crippen LogP contribution in [0.3, 0.4) is 0 Å². The Morgan fingerprint density at radius 2 is 1.48 bits per heavy atom. The fourth-order valence-corrected chi connectivity index (χ4v) is 5.65. The molecule has 0 unspecified atom stereocenters. The summed E-state index contributed by atoms with van der Waals surface area (Å²) in [5, 5.41) is 0. The van der Waals surface area contributed by atoms with Crippen LogP contribution in [0.25, 0.3) is 0 Å². The summed E-state index contributed by atoms with van der Waals surface area (Å²) in [6.45, 7) is 7.09. The highest BCUT2D eigenvalue weighted by molar-refractivity contribution is 7.89. The van der Waals surface area contributed by atoms with Crippen molar-refractivity contribution < 1.29 is 8.42 Å². The highest BCUT2D eigenvalue weighted by atomic mass is 32.2. The Balaban J connectivity index is 1.41. The van der Waals surface area contributed by atoms with Crippen molar-refractivity contribution in [2.75, 3.05) is 38.1 Å². The van der Waals surface area contributed by atoms with Gasteiger partial charge in [0.25, 0.3) is 0 Å². The van der Waals surface area contributed by atoms with Gasteiger partial charge < -0.3 is 4.90 Å². The van der Waals surface area contributed by atoms with Gasteiger partial charge >= 0.3 is 0 Å². The second kappa shape index (κ2) is 10.5. The summed E-state index contributed by atoms with van der Waals surface area (Å²) in [7, 11) is -1.90. The predicted octanol–water partition coefficient (Wildman–Crippen LogP) is 4.39. The van der Waals surface area contributed by atoms with Crippen LogP contribution in [-0.4, -0.2) is 50.8 Å². The molecule has 1 saturated heterocycles. The van der Waals surface area contributed by atoms with Gasteiger partial charge in [-0.15, -0.1) is 0 Å². The first-order chi connectivity index (χ1) is 16.0. The van der Waals surface area contributed by atoms with Crippen molar-refractivity contribution in [3.63, 3.8) is 0 Å². The van der Waals surface area contributed by atoms with Gasteiger partial charge in [0.05, 0.1) is 4.90 Å². The van der Waals surface area contributed by atoms with E-state index in [4.69, 9.17) is 0 Å². The first-order valence-electron chi connectivity index (χ1n) is 11.6. The van der Waals surface area contributed by atoms with Crippen molar-refractivity contribution in [1.82, 2.24) is 9.21 Å². The van der Waals surface area contributed by atoms with E-state index >= 15 is 0 Å². The number of hydrogen-bond acceptors (Lipinski definition) is 4. The average molecular weight is 464 g/mol. The van der Waals surface area contributed by atoms with E-state index in [1.54, 1.807) is 13.1 Å². The van der Waals surface area contributed by atoms with Crippen molar-refractivity contribution in [3.8, 4) is 0 Å². The molecular weight excluding hydrogens is 430 g/mol. The van der Waals surface area contributed by atoms with Crippen molar-refractivity contribution in [2.45, 2.75) is 31.3 Å². The molecule has 3 aromatic carbocycles. The lowest BCUT2D eigenvalue weighted by molar-refractivity contribution is 0.249. The van der Waals surface area contributed by atoms with Crippen LogP contribution in [0.4, 0.5) is 5.69 Å². The largest absolute Gasteiger partial charge is 0.369 e. The molecule has 1 aliphatic rings. The third kappa shape index (κ3) is 5.64. The minimum absolute atomic E-state index is 0.361. The van der Waals surface area contributed by atoms with Crippen molar-refractivity contribution in [1.29, 1.82) is 0 Å². The molecule has 4 rings (SSSR count). The molecule has 1 fully saturated rings. The molecule has 0 saturated carbocycles. The van der Waals surface area contributed by atoms with Crippen LogP contribution in [0, 0.1) is 0 Å². The minimum Gasteiger partial charge on any atom is -0.369 e. The molecule has 0 atom stereocenters. The summed E-state index contributed by atoms with van der Waals surface area (Å²) in [6.07, 6.45) is 0.886. The molecule has 0 radical (unpaired) electrons. The van der Waals surface area contributed by atoms with Gasteiger partial charge in [-0.1, -0.05) is 61.5 Å². The highest BCUT2D eigenvalue weighted by Crippen LogP contribution is 2.22. The molecule has 33 heavy (non-hydrogen) atoms. The summed E-state index contributed by atoms with van der Waals surface area (Å²) in [4.78, 5) is 5.16. The SMILES string of the molecule is CCc1ccccc1CN(C)S(=O)(=O)c1cccc(CN2CCN(c3ccccc3)CC2)c1. The molecule has 174 valence electrons. The normalized spacial score (nSPS) is 15.2. The van der Waals surface area contributed by atoms with Crippen LogP contribution in [0.2, 0.25) is 0 Å². The number of aryl methyl sites for hydroxylation is 1. The molecule has 5 nitrogen and oxygen atoms in total. The van der Waals surface area contributed by atoms with Gasteiger partial charge in [0.15, 0.2) is 0 Å². The third-order valence-electron chi connectivity index (χ3n) is 6.40. The summed E-state index contributed by atoms with van der Waals surface area (Å²) < 4.78 is 28.0. The Bertz CT molecular complexity index is 1160. The topological polar surface area (TPSA) is 43.9 Å². The van der Waals surface area contributed by atoms with Gasteiger partial charge in [-0.25, -0.2) is 8.42 Å². The standard InChI is InChI=1S/C27H33N3O2S/c1-3-24-11-7-8-12-25(24)22-28(2)33(31,32)27-15-9-10-23(20-27)21-29-16-18-30(19-17-29)26-13-5-4-6-14-26/h4-15,20H,3,16-19,21-22H2,1-2H3. The Labute approximate surface area is 198 Å². The second-order valence-corrected chi connectivity index (χ2v) is 10.7. The van der Waals surface area contributed by atoms with E-state index < -0.39 is 10.0 Å². The van der Waals surface area contributed by atoms with Crippen LogP contribution >= 0.6 is 0 Å². The number of benzene rings is 3. The quantitative estimate of drug-likeness (QED) is 0.497. The number of nitrogens with zero attached hydrogens (tertiary/aromatic N) is 3.